The molecule has 3 aliphatic rings. The predicted molar refractivity (Wildman–Crippen MR) is 101 cm³/mol. The number of nitrogens with zero attached hydrogens (tertiary/aromatic N) is 2. The fourth-order valence-corrected chi connectivity index (χ4v) is 3.92. The van der Waals surface area contributed by atoms with Crippen LogP contribution in [0.15, 0.2) is 23.3 Å². The molecule has 0 unspecified atom stereocenters. The number of rotatable bonds is 3. The summed E-state index contributed by atoms with van der Waals surface area (Å²) >= 11 is 0. The van der Waals surface area contributed by atoms with Crippen LogP contribution in [0.5, 0.6) is 0 Å². The molecule has 1 saturated heterocycles. The Kier molecular flexibility index (Phi) is 6.01. The summed E-state index contributed by atoms with van der Waals surface area (Å²) in [5, 5.41) is 3.79. The number of carbonyl (C=O) groups is 4. The van der Waals surface area contributed by atoms with E-state index in [-0.39, 0.29) is 45.8 Å². The maximum atomic E-state index is 13.0. The van der Waals surface area contributed by atoms with Crippen LogP contribution in [-0.2, 0) is 36.1 Å². The zero-order valence-electron chi connectivity index (χ0n) is 16.5. The van der Waals surface area contributed by atoms with E-state index in [1.54, 1.807) is 18.2 Å². The number of hydrazone groups is 1. The van der Waals surface area contributed by atoms with E-state index in [4.69, 9.17) is 9.47 Å². The van der Waals surface area contributed by atoms with E-state index in [0.717, 1.165) is 32.1 Å². The van der Waals surface area contributed by atoms with Crippen LogP contribution in [0.4, 0.5) is 5.69 Å². The van der Waals surface area contributed by atoms with Gasteiger partial charge in [-0.25, -0.2) is 9.59 Å². The second kappa shape index (κ2) is 8.20. The van der Waals surface area contributed by atoms with E-state index in [2.05, 4.69) is 10.5 Å². The number of amides is 2. The summed E-state index contributed by atoms with van der Waals surface area (Å²) in [6.07, 6.45) is 4.66. The zero-order valence-corrected chi connectivity index (χ0v) is 17.4. The summed E-state index contributed by atoms with van der Waals surface area (Å²) in [7, 11) is 0. The Bertz CT molecular complexity index is 930. The third-order valence-electron chi connectivity index (χ3n) is 5.24. The molecule has 1 radical (unpaired) electrons. The topological polar surface area (TPSA) is 114 Å². The Morgan fingerprint density at radius 2 is 1.63 bits per heavy atom. The van der Waals surface area contributed by atoms with Crippen molar-refractivity contribution in [3.05, 3.63) is 29.3 Å². The Morgan fingerprint density at radius 3 is 2.27 bits per heavy atom. The van der Waals surface area contributed by atoms with Crippen molar-refractivity contribution in [3.63, 3.8) is 0 Å². The van der Waals surface area contributed by atoms with Crippen molar-refractivity contribution in [1.29, 1.82) is 0 Å². The SMILES string of the molecule is CC1(C)OC(=O)C(=NNc2cccc3c2C(=O)N(C2CCCCC2)C3=O)C(=O)O1.[Cu+2]. The molecule has 2 heterocycles. The number of anilines is 1. The Balaban J connectivity index is 0.00000256. The summed E-state index contributed by atoms with van der Waals surface area (Å²) in [6, 6.07) is 4.64. The molecule has 1 saturated carbocycles. The number of hydrogen-bond donors (Lipinski definition) is 1. The molecule has 0 bridgehead atoms. The molecular weight excluding hydrogens is 442 g/mol. The minimum Gasteiger partial charge on any atom is -0.418 e. The van der Waals surface area contributed by atoms with Crippen LogP contribution in [0.1, 0.15) is 66.7 Å². The van der Waals surface area contributed by atoms with Gasteiger partial charge in [0.05, 0.1) is 16.8 Å². The third kappa shape index (κ3) is 3.85. The van der Waals surface area contributed by atoms with E-state index in [9.17, 15) is 19.2 Å². The zero-order chi connectivity index (χ0) is 20.8. The van der Waals surface area contributed by atoms with Gasteiger partial charge in [0.25, 0.3) is 23.3 Å². The number of nitrogens with one attached hydrogen (secondary N) is 1. The van der Waals surface area contributed by atoms with Gasteiger partial charge < -0.3 is 9.47 Å². The smallest absolute Gasteiger partial charge is 0.418 e. The molecule has 0 aromatic heterocycles. The summed E-state index contributed by atoms with van der Waals surface area (Å²) < 4.78 is 9.98. The molecule has 10 heteroatoms. The van der Waals surface area contributed by atoms with Gasteiger partial charge in [-0.15, -0.1) is 0 Å². The molecule has 1 aliphatic carbocycles. The van der Waals surface area contributed by atoms with E-state index in [0.29, 0.717) is 0 Å². The average molecular weight is 463 g/mol. The van der Waals surface area contributed by atoms with E-state index < -0.39 is 29.3 Å². The number of benzene rings is 1. The molecule has 30 heavy (non-hydrogen) atoms. The number of esters is 2. The molecule has 0 spiro atoms. The first-order valence-electron chi connectivity index (χ1n) is 9.60. The maximum Gasteiger partial charge on any atom is 2.00 e. The van der Waals surface area contributed by atoms with Gasteiger partial charge in [0, 0.05) is 19.9 Å². The summed E-state index contributed by atoms with van der Waals surface area (Å²) in [5.74, 6) is -3.96. The molecule has 2 aliphatic heterocycles. The van der Waals surface area contributed by atoms with E-state index in [1.807, 2.05) is 0 Å². The van der Waals surface area contributed by atoms with Crippen molar-refractivity contribution in [2.75, 3.05) is 5.43 Å². The predicted octanol–water partition coefficient (Wildman–Crippen LogP) is 2.22. The van der Waals surface area contributed by atoms with Crippen molar-refractivity contribution < 1.29 is 45.7 Å². The summed E-state index contributed by atoms with van der Waals surface area (Å²) in [4.78, 5) is 51.2. The second-order valence-electron chi connectivity index (χ2n) is 7.75. The Hall–Kier alpha value is -2.71. The van der Waals surface area contributed by atoms with Gasteiger partial charge in [0.1, 0.15) is 0 Å². The molecule has 4 rings (SSSR count). The molecule has 1 aromatic carbocycles. The summed E-state index contributed by atoms with van der Waals surface area (Å²) in [5.41, 5.74) is 2.69. The van der Waals surface area contributed by atoms with Crippen molar-refractivity contribution in [2.24, 2.45) is 5.10 Å². The fraction of sp³-hybridized carbons (Fsp3) is 0.450. The van der Waals surface area contributed by atoms with Crippen molar-refractivity contribution in [3.8, 4) is 0 Å². The Labute approximate surface area is 183 Å². The minimum atomic E-state index is -1.37. The van der Waals surface area contributed by atoms with Crippen LogP contribution in [-0.4, -0.2) is 46.2 Å². The first-order chi connectivity index (χ1) is 13.8. The van der Waals surface area contributed by atoms with Crippen molar-refractivity contribution in [2.45, 2.75) is 57.8 Å². The molecule has 1 aromatic rings. The monoisotopic (exact) mass is 462 g/mol. The van der Waals surface area contributed by atoms with Gasteiger partial charge in [0.2, 0.25) is 0 Å². The van der Waals surface area contributed by atoms with Gasteiger partial charge in [0.15, 0.2) is 0 Å². The van der Waals surface area contributed by atoms with Crippen LogP contribution in [0.2, 0.25) is 0 Å². The van der Waals surface area contributed by atoms with Crippen molar-refractivity contribution in [1.82, 2.24) is 4.90 Å². The maximum absolute atomic E-state index is 13.0. The number of ether oxygens (including phenoxy) is 2. The molecule has 161 valence electrons. The van der Waals surface area contributed by atoms with Gasteiger partial charge in [-0.2, -0.15) is 5.10 Å². The molecule has 2 fully saturated rings. The molecule has 9 nitrogen and oxygen atoms in total. The third-order valence-corrected chi connectivity index (χ3v) is 5.24. The largest absolute Gasteiger partial charge is 2.00 e. The van der Waals surface area contributed by atoms with Gasteiger partial charge in [-0.1, -0.05) is 25.3 Å². The number of fused-ring (bicyclic) bond motifs is 1. The van der Waals surface area contributed by atoms with Crippen molar-refractivity contribution >= 4 is 35.2 Å². The molecule has 2 amide bonds. The van der Waals surface area contributed by atoms with Crippen LogP contribution in [0.25, 0.3) is 0 Å². The van der Waals surface area contributed by atoms with Crippen LogP contribution in [0, 0.1) is 0 Å². The quantitative estimate of drug-likeness (QED) is 0.317. The molecular formula is C20H21CuN3O6+2. The number of imide groups is 1. The van der Waals surface area contributed by atoms with E-state index >= 15 is 0 Å². The number of cyclic esters (lactones) is 2. The van der Waals surface area contributed by atoms with Gasteiger partial charge in [-0.05, 0) is 25.0 Å². The normalized spacial score (nSPS) is 20.9. The van der Waals surface area contributed by atoms with Crippen LogP contribution < -0.4 is 5.43 Å². The number of hydrogen-bond acceptors (Lipinski definition) is 8. The van der Waals surface area contributed by atoms with Crippen LogP contribution in [0.3, 0.4) is 0 Å². The second-order valence-corrected chi connectivity index (χ2v) is 7.75. The first-order valence-corrected chi connectivity index (χ1v) is 9.60. The standard InChI is InChI=1S/C20H21N3O6.Cu/c1-20(2)28-18(26)15(19(27)29-20)22-21-13-10-6-9-12-14(13)17(25)23(16(12)24)11-7-4-3-5-8-11;/h6,9-11,21H,3-5,7-8H2,1-2H3;/q;+2. The summed E-state index contributed by atoms with van der Waals surface area (Å²) in [6.45, 7) is 2.86. The Morgan fingerprint density at radius 1 is 1.00 bits per heavy atom. The van der Waals surface area contributed by atoms with Gasteiger partial charge in [-0.3, -0.25) is 19.9 Å². The minimum absolute atomic E-state index is 0. The number of carbonyl (C=O) groups excluding carboxylic acids is 4. The molecule has 0 atom stereocenters. The van der Waals surface area contributed by atoms with E-state index in [1.165, 1.54) is 18.7 Å². The first kappa shape index (κ1) is 22.0. The van der Waals surface area contributed by atoms with Gasteiger partial charge >= 0.3 is 29.0 Å². The average Bonchev–Trinajstić information content (AvgIpc) is 2.92. The fourth-order valence-electron chi connectivity index (χ4n) is 3.92. The molecule has 1 N–H and O–H groups in total. The van der Waals surface area contributed by atoms with Crippen LogP contribution >= 0.6 is 0 Å².